The molecular weight excluding hydrogens is 328 g/mol. The molecule has 0 radical (unpaired) electrons. The fraction of sp³-hybridized carbons (Fsp3) is 0.556. The molecule has 0 aromatic heterocycles. The maximum Gasteiger partial charge on any atom is 0.421 e. The second-order valence-electron chi connectivity index (χ2n) is 3.85. The van der Waals surface area contributed by atoms with Crippen molar-refractivity contribution in [1.29, 1.82) is 0 Å². The van der Waals surface area contributed by atoms with E-state index in [1.54, 1.807) is 0 Å². The Morgan fingerprint density at radius 3 is 2.09 bits per heavy atom. The van der Waals surface area contributed by atoms with Crippen LogP contribution in [-0.4, -0.2) is 60.4 Å². The second-order valence-corrected chi connectivity index (χ2v) is 5.29. The number of carbonyl (C=O) groups is 4. The zero-order valence-electron chi connectivity index (χ0n) is 11.0. The first-order chi connectivity index (χ1) is 10.0. The van der Waals surface area contributed by atoms with Crippen LogP contribution in [0, 0.1) is 0 Å². The van der Waals surface area contributed by atoms with Crippen LogP contribution < -0.4 is 9.44 Å². The molecule has 22 heavy (non-hydrogen) atoms. The van der Waals surface area contributed by atoms with Crippen LogP contribution >= 0.6 is 0 Å². The van der Waals surface area contributed by atoms with Crippen LogP contribution in [0.25, 0.3) is 0 Å². The molecule has 1 amide bonds. The molecule has 0 saturated heterocycles. The van der Waals surface area contributed by atoms with Gasteiger partial charge in [-0.15, -0.1) is 0 Å². The molecule has 0 aliphatic carbocycles. The quantitative estimate of drug-likeness (QED) is 0.286. The maximum atomic E-state index is 11.4. The number of hydrogen-bond donors (Lipinski definition) is 5. The molecule has 13 heteroatoms. The third kappa shape index (κ3) is 9.49. The number of aliphatic carboxylic acids is 3. The predicted octanol–water partition coefficient (Wildman–Crippen LogP) is -1.66. The molecule has 0 spiro atoms. The van der Waals surface area contributed by atoms with Gasteiger partial charge in [-0.1, -0.05) is 0 Å². The maximum absolute atomic E-state index is 11.4. The Bertz CT molecular complexity index is 543. The Morgan fingerprint density at radius 1 is 1.05 bits per heavy atom. The van der Waals surface area contributed by atoms with Crippen LogP contribution in [0.15, 0.2) is 0 Å². The van der Waals surface area contributed by atoms with Crippen LogP contribution in [0.5, 0.6) is 0 Å². The van der Waals surface area contributed by atoms with E-state index in [1.165, 1.54) is 9.44 Å². The lowest BCUT2D eigenvalue weighted by atomic mass is 10.2. The van der Waals surface area contributed by atoms with Crippen LogP contribution in [0.1, 0.15) is 19.3 Å². The van der Waals surface area contributed by atoms with Crippen molar-refractivity contribution in [3.05, 3.63) is 0 Å². The summed E-state index contributed by atoms with van der Waals surface area (Å²) in [6.07, 6.45) is -2.84. The lowest BCUT2D eigenvalue weighted by molar-refractivity contribution is -0.145. The Balaban J connectivity index is 4.42. The second kappa shape index (κ2) is 8.78. The van der Waals surface area contributed by atoms with Gasteiger partial charge in [0.25, 0.3) is 0 Å². The third-order valence-corrected chi connectivity index (χ3v) is 2.99. The number of carboxylic acids is 3. The van der Waals surface area contributed by atoms with Gasteiger partial charge >= 0.3 is 34.2 Å². The molecule has 1 atom stereocenters. The molecule has 12 nitrogen and oxygen atoms in total. The standard InChI is InChI=1S/C9H14N2O10S/c12-6(13)2-1-3-21-9(18)11-22(19,20)10-5(8(16)17)4-7(14)15/h5,10H,1-4H2,(H,11,18)(H,12,13)(H,14,15)(H,16,17). The van der Waals surface area contributed by atoms with Crippen LogP contribution in [0.4, 0.5) is 4.79 Å². The summed E-state index contributed by atoms with van der Waals surface area (Å²) in [5.74, 6) is -4.44. The molecule has 0 rings (SSSR count). The lowest BCUT2D eigenvalue weighted by Crippen LogP contribution is -2.49. The highest BCUT2D eigenvalue weighted by molar-refractivity contribution is 7.88. The molecule has 5 N–H and O–H groups in total. The van der Waals surface area contributed by atoms with Crippen LogP contribution in [-0.2, 0) is 29.3 Å². The number of carbonyl (C=O) groups excluding carboxylic acids is 1. The van der Waals surface area contributed by atoms with Crippen molar-refractivity contribution in [2.45, 2.75) is 25.3 Å². The molecule has 0 aromatic rings. The van der Waals surface area contributed by atoms with Crippen LogP contribution in [0.3, 0.4) is 0 Å². The van der Waals surface area contributed by atoms with Crippen molar-refractivity contribution in [3.8, 4) is 0 Å². The van der Waals surface area contributed by atoms with Gasteiger partial charge < -0.3 is 20.1 Å². The first kappa shape index (κ1) is 19.6. The highest BCUT2D eigenvalue weighted by Gasteiger charge is 2.27. The molecule has 0 aromatic carbocycles. The first-order valence-electron chi connectivity index (χ1n) is 5.66. The molecule has 0 bridgehead atoms. The first-order valence-corrected chi connectivity index (χ1v) is 7.15. The van der Waals surface area contributed by atoms with Crippen molar-refractivity contribution < 1.29 is 47.7 Å². The number of ether oxygens (including phenoxy) is 1. The summed E-state index contributed by atoms with van der Waals surface area (Å²) in [6.45, 7) is -0.370. The summed E-state index contributed by atoms with van der Waals surface area (Å²) >= 11 is 0. The largest absolute Gasteiger partial charge is 0.481 e. The van der Waals surface area contributed by atoms with E-state index in [2.05, 4.69) is 4.74 Å². The van der Waals surface area contributed by atoms with E-state index in [-0.39, 0.29) is 19.4 Å². The summed E-state index contributed by atoms with van der Waals surface area (Å²) < 4.78 is 29.9. The average Bonchev–Trinajstić information content (AvgIpc) is 2.31. The zero-order chi connectivity index (χ0) is 17.3. The molecule has 0 heterocycles. The minimum Gasteiger partial charge on any atom is -0.481 e. The van der Waals surface area contributed by atoms with Gasteiger partial charge in [0.2, 0.25) is 0 Å². The Morgan fingerprint density at radius 2 is 1.64 bits per heavy atom. The molecule has 0 aliphatic rings. The smallest absolute Gasteiger partial charge is 0.421 e. The monoisotopic (exact) mass is 342 g/mol. The van der Waals surface area contributed by atoms with Gasteiger partial charge in [0.1, 0.15) is 6.04 Å². The minimum absolute atomic E-state index is 0.0486. The van der Waals surface area contributed by atoms with Gasteiger partial charge in [0.05, 0.1) is 13.0 Å². The molecule has 126 valence electrons. The molecule has 1 unspecified atom stereocenters. The Kier molecular flexibility index (Phi) is 7.82. The summed E-state index contributed by atoms with van der Waals surface area (Å²) in [5.41, 5.74) is 0. The molecular formula is C9H14N2O10S. The predicted molar refractivity (Wildman–Crippen MR) is 67.1 cm³/mol. The van der Waals surface area contributed by atoms with E-state index in [0.29, 0.717) is 0 Å². The van der Waals surface area contributed by atoms with E-state index in [1.807, 2.05) is 0 Å². The van der Waals surface area contributed by atoms with E-state index >= 15 is 0 Å². The van der Waals surface area contributed by atoms with Gasteiger partial charge in [-0.05, 0) is 6.42 Å². The lowest BCUT2D eigenvalue weighted by Gasteiger charge is -2.13. The summed E-state index contributed by atoms with van der Waals surface area (Å²) in [6, 6.07) is -1.98. The molecule has 0 aliphatic heterocycles. The van der Waals surface area contributed by atoms with E-state index in [0.717, 1.165) is 0 Å². The number of carboxylic acid groups (broad SMARTS) is 3. The number of rotatable bonds is 10. The van der Waals surface area contributed by atoms with E-state index in [4.69, 9.17) is 15.3 Å². The van der Waals surface area contributed by atoms with Crippen molar-refractivity contribution in [2.24, 2.45) is 0 Å². The number of amides is 1. The highest BCUT2D eigenvalue weighted by atomic mass is 32.2. The minimum atomic E-state index is -4.66. The van der Waals surface area contributed by atoms with Crippen molar-refractivity contribution in [3.63, 3.8) is 0 Å². The van der Waals surface area contributed by atoms with E-state index in [9.17, 15) is 27.6 Å². The summed E-state index contributed by atoms with van der Waals surface area (Å²) in [4.78, 5) is 42.4. The normalized spacial score (nSPS) is 12.2. The van der Waals surface area contributed by atoms with Crippen LogP contribution in [0.2, 0.25) is 0 Å². The van der Waals surface area contributed by atoms with Gasteiger partial charge in [-0.25, -0.2) is 9.52 Å². The summed E-state index contributed by atoms with van der Waals surface area (Å²) in [5, 5.41) is 25.4. The SMILES string of the molecule is O=C(O)CCCOC(=O)NS(=O)(=O)NC(CC(=O)O)C(=O)O. The van der Waals surface area contributed by atoms with Crippen molar-refractivity contribution in [2.75, 3.05) is 6.61 Å². The number of nitrogens with one attached hydrogen (secondary N) is 2. The topological polar surface area (TPSA) is 196 Å². The average molecular weight is 342 g/mol. The van der Waals surface area contributed by atoms with Gasteiger partial charge in [0.15, 0.2) is 0 Å². The fourth-order valence-corrected chi connectivity index (χ4v) is 1.99. The number of hydrogen-bond acceptors (Lipinski definition) is 7. The van der Waals surface area contributed by atoms with Gasteiger partial charge in [0, 0.05) is 6.42 Å². The van der Waals surface area contributed by atoms with Gasteiger partial charge in [-0.2, -0.15) is 13.1 Å². The van der Waals surface area contributed by atoms with Gasteiger partial charge in [-0.3, -0.25) is 14.4 Å². The Labute approximate surface area is 124 Å². The Hall–Kier alpha value is -2.41. The van der Waals surface area contributed by atoms with Crippen molar-refractivity contribution in [1.82, 2.24) is 9.44 Å². The molecule has 0 saturated carbocycles. The van der Waals surface area contributed by atoms with E-state index < -0.39 is 46.7 Å². The molecule has 0 fully saturated rings. The fourth-order valence-electron chi connectivity index (χ4n) is 1.10. The zero-order valence-corrected chi connectivity index (χ0v) is 11.8. The third-order valence-electron chi connectivity index (χ3n) is 1.96. The van der Waals surface area contributed by atoms with Crippen molar-refractivity contribution >= 4 is 34.2 Å². The summed E-state index contributed by atoms with van der Waals surface area (Å²) in [7, 11) is -4.66. The highest BCUT2D eigenvalue weighted by Crippen LogP contribution is 1.96.